The molecule has 0 rings (SSSR count). The molecule has 0 unspecified atom stereocenters. The lowest BCUT2D eigenvalue weighted by atomic mass is 26.5. The van der Waals surface area contributed by atoms with Crippen LogP contribution in [0.3, 0.4) is 0 Å². The zero-order valence-electron chi connectivity index (χ0n) is 3.89. The second-order valence-corrected chi connectivity index (χ2v) is 37.4. The molecule has 0 aromatic heterocycles. The number of hydrogen-bond donors (Lipinski definition) is 0. The molecule has 50 valence electrons. The fourth-order valence-corrected chi connectivity index (χ4v) is 0. The van der Waals surface area contributed by atoms with E-state index in [1.165, 1.54) is 0 Å². The highest BCUT2D eigenvalue weighted by Gasteiger charge is 2.48. The monoisotopic (exact) mass is 262 g/mol. The smallest absolute Gasteiger partial charge is 0.150 e. The third-order valence-electron chi connectivity index (χ3n) is 0.498. The van der Waals surface area contributed by atoms with Crippen molar-refractivity contribution >= 4 is 76.4 Å². The maximum absolute atomic E-state index is 5.64. The van der Waals surface area contributed by atoms with Gasteiger partial charge in [0.2, 0.25) is 0 Å². The maximum Gasteiger partial charge on any atom is 0.354 e. The van der Waals surface area contributed by atoms with Gasteiger partial charge in [0, 0.05) is 9.76 Å². The summed E-state index contributed by atoms with van der Waals surface area (Å²) in [5.74, 6) is 0. The molecule has 0 heterocycles. The van der Waals surface area contributed by atoms with E-state index in [0.29, 0.717) is 9.76 Å². The normalized spacial score (nSPS) is 14.6. The zero-order valence-corrected chi connectivity index (χ0v) is 11.7. The third kappa shape index (κ3) is 3.31. The molecule has 0 aliphatic heterocycles. The summed E-state index contributed by atoms with van der Waals surface area (Å²) in [5.41, 5.74) is -5.05. The summed E-state index contributed by atoms with van der Waals surface area (Å²) in [7, 11) is 0.623. The molecule has 0 amide bonds. The Morgan fingerprint density at radius 3 is 1.00 bits per heavy atom. The van der Waals surface area contributed by atoms with Crippen molar-refractivity contribution in [2.75, 3.05) is 0 Å². The molecule has 0 nitrogen and oxygen atoms in total. The average molecular weight is 265 g/mol. The molecular weight excluding hydrogens is 262 g/mol. The first-order valence-electron chi connectivity index (χ1n) is 1.69. The fraction of sp³-hybridized carbons (Fsp3) is 0. The Hall–Kier alpha value is 2.10. The molecule has 0 spiro atoms. The summed E-state index contributed by atoms with van der Waals surface area (Å²) < 4.78 is 0. The van der Waals surface area contributed by atoms with E-state index in [1.807, 2.05) is 0 Å². The van der Waals surface area contributed by atoms with Crippen molar-refractivity contribution in [3.63, 3.8) is 0 Å². The highest BCUT2D eigenvalue weighted by molar-refractivity contribution is 8.09. The Bertz CT molecular complexity index is 62.7. The van der Waals surface area contributed by atoms with E-state index in [-0.39, 0.29) is 0 Å². The second-order valence-electron chi connectivity index (χ2n) is 1.39. The molecule has 0 atom stereocenters. The van der Waals surface area contributed by atoms with Gasteiger partial charge in [-0.25, -0.2) is 0 Å². The zero-order chi connectivity index (χ0) is 7.00. The van der Waals surface area contributed by atoms with Crippen LogP contribution in [0.5, 0.6) is 0 Å². The van der Waals surface area contributed by atoms with Crippen molar-refractivity contribution in [1.29, 1.82) is 0 Å². The molecule has 0 aliphatic carbocycles. The van der Waals surface area contributed by atoms with Crippen LogP contribution in [-0.4, -0.2) is 21.0 Å². The summed E-state index contributed by atoms with van der Waals surface area (Å²) in [6.07, 6.45) is 0. The summed E-state index contributed by atoms with van der Waals surface area (Å²) in [6.45, 7) is 0. The van der Waals surface area contributed by atoms with Gasteiger partial charge in [-0.3, -0.25) is 0 Å². The minimum absolute atomic E-state index is 0.623. The summed E-state index contributed by atoms with van der Waals surface area (Å²) >= 11 is 27.8. The van der Waals surface area contributed by atoms with E-state index in [4.69, 9.17) is 55.4 Å². The number of rotatable bonds is 1. The highest BCUT2D eigenvalue weighted by Crippen LogP contribution is 2.34. The van der Waals surface area contributed by atoms with Crippen LogP contribution < -0.4 is 0 Å². The molecule has 0 N–H and O–H groups in total. The van der Waals surface area contributed by atoms with Gasteiger partial charge in [-0.1, -0.05) is 0 Å². The molecule has 0 saturated carbocycles. The highest BCUT2D eigenvalue weighted by atomic mass is 35.9. The van der Waals surface area contributed by atoms with Crippen LogP contribution in [0.25, 0.3) is 0 Å². The van der Waals surface area contributed by atoms with Crippen LogP contribution in [-0.2, 0) is 0 Å². The lowest BCUT2D eigenvalue weighted by molar-refractivity contribution is 3.48. The van der Waals surface area contributed by atoms with Crippen molar-refractivity contribution in [1.82, 2.24) is 0 Å². The number of halogens is 5. The lowest BCUT2D eigenvalue weighted by Gasteiger charge is -2.15. The maximum atomic E-state index is 5.64. The summed E-state index contributed by atoms with van der Waals surface area (Å²) in [5, 5.41) is 0. The van der Waals surface area contributed by atoms with Gasteiger partial charge >= 0.3 is 5.52 Å². The fourth-order valence-electron chi connectivity index (χ4n) is 0. The van der Waals surface area contributed by atoms with Crippen LogP contribution in [0.1, 0.15) is 0 Å². The minimum atomic E-state index is -2.71. The molecule has 0 aliphatic rings. The van der Waals surface area contributed by atoms with Crippen LogP contribution in [0, 0.1) is 0 Å². The molecule has 0 fully saturated rings. The minimum Gasteiger partial charge on any atom is -0.150 e. The van der Waals surface area contributed by atoms with Gasteiger partial charge in [-0.15, -0.1) is 55.4 Å². The van der Waals surface area contributed by atoms with Gasteiger partial charge in [0.1, 0.15) is 0 Å². The van der Waals surface area contributed by atoms with Gasteiger partial charge in [-0.2, -0.15) is 0 Å². The first-order chi connectivity index (χ1) is 3.25. The van der Waals surface area contributed by atoms with E-state index in [2.05, 4.69) is 0 Å². The second kappa shape index (κ2) is 3.00. The Kier molecular flexibility index (Phi) is 3.79. The Balaban J connectivity index is 4.02. The molecule has 0 bridgehead atoms. The van der Waals surface area contributed by atoms with Gasteiger partial charge in [0.25, 0.3) is 5.73 Å². The molecule has 0 aromatic carbocycles. The first kappa shape index (κ1) is 10.1. The summed E-state index contributed by atoms with van der Waals surface area (Å²) in [6, 6.07) is 0. The molecule has 8 heavy (non-hydrogen) atoms. The van der Waals surface area contributed by atoms with Crippen LogP contribution in [0.4, 0.5) is 0 Å². The summed E-state index contributed by atoms with van der Waals surface area (Å²) in [4.78, 5) is 0. The van der Waals surface area contributed by atoms with Crippen LogP contribution >= 0.6 is 55.4 Å². The predicted octanol–water partition coefficient (Wildman–Crippen LogP) is 1.50. The van der Waals surface area contributed by atoms with E-state index < -0.39 is 11.2 Å². The van der Waals surface area contributed by atoms with E-state index in [1.54, 1.807) is 0 Å². The van der Waals surface area contributed by atoms with E-state index >= 15 is 0 Å². The SMILES string of the molecule is [SiH3][Si](Cl)(Cl)[Si](Cl)(Cl)Cl. The van der Waals surface area contributed by atoms with Crippen LogP contribution in [0.15, 0.2) is 0 Å². The quantitative estimate of drug-likeness (QED) is 0.497. The molecule has 0 aromatic rings. The Labute approximate surface area is 75.9 Å². The van der Waals surface area contributed by atoms with Gasteiger partial charge in [-0.05, 0) is 0 Å². The van der Waals surface area contributed by atoms with E-state index in [0.717, 1.165) is 0 Å². The molecule has 0 radical (unpaired) electrons. The van der Waals surface area contributed by atoms with Crippen molar-refractivity contribution < 1.29 is 0 Å². The largest absolute Gasteiger partial charge is 0.354 e. The van der Waals surface area contributed by atoms with Crippen molar-refractivity contribution in [3.8, 4) is 0 Å². The van der Waals surface area contributed by atoms with Crippen LogP contribution in [0.2, 0.25) is 0 Å². The van der Waals surface area contributed by atoms with Crippen molar-refractivity contribution in [2.24, 2.45) is 0 Å². The average Bonchev–Trinajstić information content (AvgIpc) is 1.25. The standard InChI is InChI=1S/Cl5H3Si3/c1-7(2,3)8(4,5)6/h6H3. The Morgan fingerprint density at radius 1 is 0.875 bits per heavy atom. The number of hydrogen-bond acceptors (Lipinski definition) is 0. The topological polar surface area (TPSA) is 0 Å². The lowest BCUT2D eigenvalue weighted by Crippen LogP contribution is -2.43. The Morgan fingerprint density at radius 2 is 1.00 bits per heavy atom. The molecule has 8 heteroatoms. The van der Waals surface area contributed by atoms with Gasteiger partial charge in [0.15, 0.2) is 0 Å². The molecular formula is H3Cl5Si3. The molecule has 0 saturated heterocycles. The third-order valence-corrected chi connectivity index (χ3v) is 40.3. The first-order valence-corrected chi connectivity index (χ1v) is 15.3. The van der Waals surface area contributed by atoms with Gasteiger partial charge < -0.3 is 0 Å². The van der Waals surface area contributed by atoms with Gasteiger partial charge in [0.05, 0.1) is 0 Å². The van der Waals surface area contributed by atoms with Crippen molar-refractivity contribution in [3.05, 3.63) is 0 Å². The van der Waals surface area contributed by atoms with Crippen molar-refractivity contribution in [2.45, 2.75) is 0 Å². The van der Waals surface area contributed by atoms with E-state index in [9.17, 15) is 0 Å². The predicted molar refractivity (Wildman–Crippen MR) is 50.7 cm³/mol.